The molecule has 0 aliphatic rings. The predicted octanol–water partition coefficient (Wildman–Crippen LogP) is 2.29. The van der Waals surface area contributed by atoms with Crippen LogP contribution >= 0.6 is 11.6 Å². The molecular weight excluding hydrogens is 280 g/mol. The first kappa shape index (κ1) is 14.2. The van der Waals surface area contributed by atoms with Gasteiger partial charge in [0.1, 0.15) is 6.61 Å². The molecule has 0 atom stereocenters. The minimum absolute atomic E-state index is 0.0423. The third-order valence-corrected chi connectivity index (χ3v) is 2.96. The molecule has 0 amide bonds. The molecule has 2 aromatic rings. The van der Waals surface area contributed by atoms with E-state index in [0.717, 1.165) is 5.56 Å². The number of rotatable bonds is 5. The molecule has 2 aromatic carbocycles. The van der Waals surface area contributed by atoms with Crippen molar-refractivity contribution in [1.29, 1.82) is 0 Å². The van der Waals surface area contributed by atoms with Gasteiger partial charge in [0.05, 0.1) is 13.1 Å². The normalized spacial score (nSPS) is 10.1. The highest BCUT2D eigenvalue weighted by atomic mass is 35.5. The maximum Gasteiger partial charge on any atom is 0.161 e. The quantitative estimate of drug-likeness (QED) is 0.848. The Bertz CT molecular complexity index is 608. The number of benzene rings is 2. The summed E-state index contributed by atoms with van der Waals surface area (Å²) in [7, 11) is 1.45. The first-order valence-corrected chi connectivity index (χ1v) is 6.24. The van der Waals surface area contributed by atoms with Crippen LogP contribution in [0.2, 0.25) is 5.02 Å². The minimum Gasteiger partial charge on any atom is -0.545 e. The van der Waals surface area contributed by atoms with E-state index >= 15 is 0 Å². The second kappa shape index (κ2) is 6.30. The summed E-state index contributed by atoms with van der Waals surface area (Å²) in [6.07, 6.45) is 0. The lowest BCUT2D eigenvalue weighted by molar-refractivity contribution is -0.255. The second-order valence-corrected chi connectivity index (χ2v) is 4.50. The summed E-state index contributed by atoms with van der Waals surface area (Å²) in [5.41, 5.74) is 0.987. The fourth-order valence-corrected chi connectivity index (χ4v) is 1.78. The molecule has 0 radical (unpaired) electrons. The third kappa shape index (κ3) is 3.42. The fraction of sp³-hybridized carbons (Fsp3) is 0.133. The van der Waals surface area contributed by atoms with Gasteiger partial charge in [-0.05, 0) is 35.9 Å². The number of halogens is 1. The number of hydrogen-bond donors (Lipinski definition) is 0. The topological polar surface area (TPSA) is 58.6 Å². The molecule has 2 rings (SSSR count). The van der Waals surface area contributed by atoms with Crippen molar-refractivity contribution in [2.75, 3.05) is 7.11 Å². The van der Waals surface area contributed by atoms with Crippen molar-refractivity contribution in [3.8, 4) is 11.5 Å². The summed E-state index contributed by atoms with van der Waals surface area (Å²) in [6, 6.07) is 11.6. The number of carbonyl (C=O) groups is 1. The van der Waals surface area contributed by atoms with Gasteiger partial charge < -0.3 is 19.4 Å². The molecule has 104 valence electrons. The Kier molecular flexibility index (Phi) is 4.48. The Morgan fingerprint density at radius 1 is 1.15 bits per heavy atom. The predicted molar refractivity (Wildman–Crippen MR) is 73.1 cm³/mol. The number of aromatic carboxylic acids is 1. The van der Waals surface area contributed by atoms with Crippen LogP contribution in [0.4, 0.5) is 0 Å². The summed E-state index contributed by atoms with van der Waals surface area (Å²) < 4.78 is 10.7. The van der Waals surface area contributed by atoms with Crippen LogP contribution in [-0.2, 0) is 6.61 Å². The maximum atomic E-state index is 10.8. The summed E-state index contributed by atoms with van der Waals surface area (Å²) >= 11 is 5.80. The van der Waals surface area contributed by atoms with Gasteiger partial charge in [-0.1, -0.05) is 23.7 Å². The summed E-state index contributed by atoms with van der Waals surface area (Å²) in [4.78, 5) is 10.8. The van der Waals surface area contributed by atoms with E-state index in [1.165, 1.54) is 19.2 Å². The van der Waals surface area contributed by atoms with Crippen LogP contribution in [0.15, 0.2) is 42.5 Å². The van der Waals surface area contributed by atoms with Crippen LogP contribution in [0.3, 0.4) is 0 Å². The van der Waals surface area contributed by atoms with E-state index in [9.17, 15) is 9.90 Å². The lowest BCUT2D eigenvalue weighted by Crippen LogP contribution is -2.22. The molecule has 0 N–H and O–H groups in total. The summed E-state index contributed by atoms with van der Waals surface area (Å²) in [5.74, 6) is -0.444. The van der Waals surface area contributed by atoms with E-state index in [4.69, 9.17) is 21.1 Å². The zero-order chi connectivity index (χ0) is 14.5. The molecule has 20 heavy (non-hydrogen) atoms. The molecule has 4 nitrogen and oxygen atoms in total. The Morgan fingerprint density at radius 3 is 2.45 bits per heavy atom. The van der Waals surface area contributed by atoms with Gasteiger partial charge in [-0.25, -0.2) is 0 Å². The van der Waals surface area contributed by atoms with Crippen molar-refractivity contribution in [1.82, 2.24) is 0 Å². The van der Waals surface area contributed by atoms with E-state index in [0.29, 0.717) is 23.1 Å². The van der Waals surface area contributed by atoms with Crippen LogP contribution in [0, 0.1) is 0 Å². The molecule has 0 unspecified atom stereocenters. The van der Waals surface area contributed by atoms with Crippen LogP contribution in [0.1, 0.15) is 15.9 Å². The molecule has 0 spiro atoms. The fourth-order valence-electron chi connectivity index (χ4n) is 1.66. The van der Waals surface area contributed by atoms with Crippen LogP contribution in [-0.4, -0.2) is 13.1 Å². The van der Waals surface area contributed by atoms with Gasteiger partial charge in [-0.2, -0.15) is 0 Å². The minimum atomic E-state index is -1.26. The largest absolute Gasteiger partial charge is 0.545 e. The number of carbonyl (C=O) groups excluding carboxylic acids is 1. The van der Waals surface area contributed by atoms with E-state index in [1.54, 1.807) is 18.2 Å². The van der Waals surface area contributed by atoms with E-state index in [1.807, 2.05) is 12.1 Å². The SMILES string of the molecule is COc1cc(C(=O)[O-])ccc1OCc1ccc(Cl)cc1. The average molecular weight is 292 g/mol. The molecule has 0 saturated carbocycles. The smallest absolute Gasteiger partial charge is 0.161 e. The lowest BCUT2D eigenvalue weighted by Gasteiger charge is -2.12. The number of carboxylic acids is 1. The van der Waals surface area contributed by atoms with E-state index in [2.05, 4.69) is 0 Å². The van der Waals surface area contributed by atoms with Crippen molar-refractivity contribution in [3.63, 3.8) is 0 Å². The number of hydrogen-bond acceptors (Lipinski definition) is 4. The zero-order valence-corrected chi connectivity index (χ0v) is 11.5. The van der Waals surface area contributed by atoms with Crippen molar-refractivity contribution >= 4 is 17.6 Å². The van der Waals surface area contributed by atoms with E-state index < -0.39 is 5.97 Å². The van der Waals surface area contributed by atoms with Crippen molar-refractivity contribution in [2.45, 2.75) is 6.61 Å². The molecule has 0 bridgehead atoms. The highest BCUT2D eigenvalue weighted by Gasteiger charge is 2.06. The molecule has 0 aromatic heterocycles. The molecule has 0 aliphatic heterocycles. The van der Waals surface area contributed by atoms with Crippen molar-refractivity contribution in [2.24, 2.45) is 0 Å². The third-order valence-electron chi connectivity index (χ3n) is 2.71. The Balaban J connectivity index is 2.12. The van der Waals surface area contributed by atoms with Crippen molar-refractivity contribution < 1.29 is 19.4 Å². The first-order valence-electron chi connectivity index (χ1n) is 5.87. The first-order chi connectivity index (χ1) is 9.60. The number of ether oxygens (including phenoxy) is 2. The average Bonchev–Trinajstić information content (AvgIpc) is 2.46. The summed E-state index contributed by atoms with van der Waals surface area (Å²) in [6.45, 7) is 0.332. The Labute approximate surface area is 121 Å². The van der Waals surface area contributed by atoms with Crippen LogP contribution < -0.4 is 14.6 Å². The van der Waals surface area contributed by atoms with E-state index in [-0.39, 0.29) is 5.56 Å². The van der Waals surface area contributed by atoms with Gasteiger partial charge in [-0.3, -0.25) is 0 Å². The molecule has 0 heterocycles. The van der Waals surface area contributed by atoms with Gasteiger partial charge in [-0.15, -0.1) is 0 Å². The van der Waals surface area contributed by atoms with Gasteiger partial charge in [0.25, 0.3) is 0 Å². The maximum absolute atomic E-state index is 10.8. The standard InChI is InChI=1S/C15H13ClO4/c1-19-14-8-11(15(17)18)4-7-13(14)20-9-10-2-5-12(16)6-3-10/h2-8H,9H2,1H3,(H,17,18)/p-1. The number of methoxy groups -OCH3 is 1. The van der Waals surface area contributed by atoms with Gasteiger partial charge in [0.15, 0.2) is 11.5 Å². The Hall–Kier alpha value is -2.20. The van der Waals surface area contributed by atoms with Crippen LogP contribution in [0.5, 0.6) is 11.5 Å². The zero-order valence-electron chi connectivity index (χ0n) is 10.8. The molecule has 0 saturated heterocycles. The number of carboxylic acid groups (broad SMARTS) is 1. The molecule has 5 heteroatoms. The van der Waals surface area contributed by atoms with Crippen molar-refractivity contribution in [3.05, 3.63) is 58.6 Å². The highest BCUT2D eigenvalue weighted by molar-refractivity contribution is 6.30. The molecular formula is C15H12ClO4-. The second-order valence-electron chi connectivity index (χ2n) is 4.07. The van der Waals surface area contributed by atoms with Gasteiger partial charge >= 0.3 is 0 Å². The van der Waals surface area contributed by atoms with Gasteiger partial charge in [0, 0.05) is 10.6 Å². The summed E-state index contributed by atoms with van der Waals surface area (Å²) in [5, 5.41) is 11.4. The Morgan fingerprint density at radius 2 is 1.85 bits per heavy atom. The molecule has 0 fully saturated rings. The lowest BCUT2D eigenvalue weighted by atomic mass is 10.2. The van der Waals surface area contributed by atoms with Gasteiger partial charge in [0.2, 0.25) is 0 Å². The molecule has 0 aliphatic carbocycles. The highest BCUT2D eigenvalue weighted by Crippen LogP contribution is 2.28. The van der Waals surface area contributed by atoms with Crippen LogP contribution in [0.25, 0.3) is 0 Å². The monoisotopic (exact) mass is 291 g/mol.